The predicted octanol–water partition coefficient (Wildman–Crippen LogP) is 3.61. The van der Waals surface area contributed by atoms with Gasteiger partial charge < -0.3 is 9.30 Å². The van der Waals surface area contributed by atoms with Crippen LogP contribution in [0.3, 0.4) is 0 Å². The van der Waals surface area contributed by atoms with E-state index in [0.717, 1.165) is 20.7 Å². The summed E-state index contributed by atoms with van der Waals surface area (Å²) in [7, 11) is -0.604. The molecule has 4 rings (SSSR count). The van der Waals surface area contributed by atoms with Crippen LogP contribution in [-0.4, -0.2) is 47.3 Å². The Balaban J connectivity index is 1.50. The lowest BCUT2D eigenvalue weighted by Gasteiger charge is -2.11. The second kappa shape index (κ2) is 9.13. The molecule has 0 bridgehead atoms. The van der Waals surface area contributed by atoms with Crippen molar-refractivity contribution in [2.24, 2.45) is 0 Å². The number of fused-ring (bicyclic) bond motifs is 2. The van der Waals surface area contributed by atoms with Crippen LogP contribution in [-0.2, 0) is 32.7 Å². The van der Waals surface area contributed by atoms with Gasteiger partial charge in [0.2, 0.25) is 10.0 Å². The topological polar surface area (TPSA) is 94.4 Å². The first-order valence-electron chi connectivity index (χ1n) is 10.4. The summed E-state index contributed by atoms with van der Waals surface area (Å²) in [5.74, 6) is 0.0213. The minimum atomic E-state index is -3.57. The normalized spacial score (nSPS) is 12.2. The molecule has 9 heteroatoms. The monoisotopic (exact) mass is 464 g/mol. The Morgan fingerprint density at radius 3 is 2.61 bits per heavy atom. The SMILES string of the molecule is CCn1c(COC(=O)/C=C/c2ccc3ccccc3n2)nc2cc(S(=O)(=O)N(C)C)ccc21. The summed E-state index contributed by atoms with van der Waals surface area (Å²) >= 11 is 0. The zero-order valence-corrected chi connectivity index (χ0v) is 19.4. The molecular formula is C24H24N4O4S. The highest BCUT2D eigenvalue weighted by atomic mass is 32.2. The van der Waals surface area contributed by atoms with E-state index in [9.17, 15) is 13.2 Å². The molecule has 2 aromatic carbocycles. The van der Waals surface area contributed by atoms with Gasteiger partial charge in [-0.25, -0.2) is 27.5 Å². The first-order chi connectivity index (χ1) is 15.8. The van der Waals surface area contributed by atoms with E-state index < -0.39 is 16.0 Å². The van der Waals surface area contributed by atoms with Crippen molar-refractivity contribution in [3.8, 4) is 0 Å². The molecule has 2 aromatic heterocycles. The van der Waals surface area contributed by atoms with Crippen molar-refractivity contribution in [2.45, 2.75) is 25.0 Å². The number of hydrogen-bond donors (Lipinski definition) is 0. The van der Waals surface area contributed by atoms with Crippen LogP contribution in [0.15, 0.2) is 65.6 Å². The summed E-state index contributed by atoms with van der Waals surface area (Å²) in [6.45, 7) is 2.51. The zero-order chi connectivity index (χ0) is 23.6. The Hall–Kier alpha value is -3.56. The molecule has 0 unspecified atom stereocenters. The Kier molecular flexibility index (Phi) is 6.26. The van der Waals surface area contributed by atoms with E-state index in [0.29, 0.717) is 23.6 Å². The molecule has 170 valence electrons. The van der Waals surface area contributed by atoms with Crippen LogP contribution in [0.1, 0.15) is 18.4 Å². The maximum Gasteiger partial charge on any atom is 0.331 e. The summed E-state index contributed by atoms with van der Waals surface area (Å²) in [5.41, 5.74) is 2.81. The lowest BCUT2D eigenvalue weighted by atomic mass is 10.2. The molecular weight excluding hydrogens is 440 g/mol. The van der Waals surface area contributed by atoms with Gasteiger partial charge in [-0.3, -0.25) is 0 Å². The highest BCUT2D eigenvalue weighted by Crippen LogP contribution is 2.22. The molecule has 33 heavy (non-hydrogen) atoms. The van der Waals surface area contributed by atoms with Gasteiger partial charge in [-0.05, 0) is 43.3 Å². The molecule has 4 aromatic rings. The lowest BCUT2D eigenvalue weighted by Crippen LogP contribution is -2.22. The molecule has 0 saturated carbocycles. The minimum Gasteiger partial charge on any atom is -0.454 e. The standard InChI is InChI=1S/C24H24N4O4S/c1-4-28-22-13-12-19(33(30,31)27(2)3)15-21(22)26-23(28)16-32-24(29)14-11-18-10-9-17-7-5-6-8-20(17)25-18/h5-15H,4,16H2,1-3H3/b14-11+. The highest BCUT2D eigenvalue weighted by molar-refractivity contribution is 7.89. The number of carbonyl (C=O) groups excluding carboxylic acids is 1. The van der Waals surface area contributed by atoms with Crippen LogP contribution in [0.5, 0.6) is 0 Å². The number of ether oxygens (including phenoxy) is 1. The van der Waals surface area contributed by atoms with Crippen molar-refractivity contribution in [1.29, 1.82) is 0 Å². The number of sulfonamides is 1. The second-order valence-electron chi connectivity index (χ2n) is 7.58. The fourth-order valence-electron chi connectivity index (χ4n) is 3.51. The van der Waals surface area contributed by atoms with Crippen molar-refractivity contribution in [1.82, 2.24) is 18.8 Å². The van der Waals surface area contributed by atoms with Gasteiger partial charge in [0.25, 0.3) is 0 Å². The number of benzene rings is 2. The largest absolute Gasteiger partial charge is 0.454 e. The van der Waals surface area contributed by atoms with Gasteiger partial charge in [-0.1, -0.05) is 24.3 Å². The number of aromatic nitrogens is 3. The molecule has 2 heterocycles. The number of rotatable bonds is 7. The number of imidazole rings is 1. The quantitative estimate of drug-likeness (QED) is 0.306. The summed E-state index contributed by atoms with van der Waals surface area (Å²) in [4.78, 5) is 21.4. The van der Waals surface area contributed by atoms with Gasteiger partial charge in [0.15, 0.2) is 0 Å². The Morgan fingerprint density at radius 2 is 1.85 bits per heavy atom. The van der Waals surface area contributed by atoms with Gasteiger partial charge in [0.05, 0.1) is 27.1 Å². The molecule has 0 aliphatic carbocycles. The molecule has 0 amide bonds. The Labute approximate surface area is 192 Å². The van der Waals surface area contributed by atoms with Crippen molar-refractivity contribution >= 4 is 44.0 Å². The first kappa shape index (κ1) is 22.6. The van der Waals surface area contributed by atoms with Crippen LogP contribution >= 0.6 is 0 Å². The number of carbonyl (C=O) groups is 1. The lowest BCUT2D eigenvalue weighted by molar-refractivity contribution is -0.139. The summed E-state index contributed by atoms with van der Waals surface area (Å²) in [5, 5.41) is 1.03. The van der Waals surface area contributed by atoms with E-state index in [-0.39, 0.29) is 11.5 Å². The maximum absolute atomic E-state index is 12.4. The molecule has 0 aliphatic heterocycles. The molecule has 8 nitrogen and oxygen atoms in total. The number of nitrogens with zero attached hydrogens (tertiary/aromatic N) is 4. The van der Waals surface area contributed by atoms with Crippen molar-refractivity contribution in [3.05, 3.63) is 72.2 Å². The predicted molar refractivity (Wildman–Crippen MR) is 127 cm³/mol. The Morgan fingerprint density at radius 1 is 1.06 bits per heavy atom. The van der Waals surface area contributed by atoms with Crippen LogP contribution in [0.2, 0.25) is 0 Å². The van der Waals surface area contributed by atoms with Crippen LogP contribution in [0.4, 0.5) is 0 Å². The van der Waals surface area contributed by atoms with E-state index in [1.165, 1.54) is 26.2 Å². The third-order valence-electron chi connectivity index (χ3n) is 5.25. The molecule has 0 fully saturated rings. The van der Waals surface area contributed by atoms with E-state index >= 15 is 0 Å². The van der Waals surface area contributed by atoms with Gasteiger partial charge >= 0.3 is 5.97 Å². The second-order valence-corrected chi connectivity index (χ2v) is 9.73. The Bertz CT molecular complexity index is 1470. The van der Waals surface area contributed by atoms with Crippen molar-refractivity contribution in [2.75, 3.05) is 14.1 Å². The highest BCUT2D eigenvalue weighted by Gasteiger charge is 2.19. The fourth-order valence-corrected chi connectivity index (χ4v) is 4.43. The number of pyridine rings is 1. The molecule has 0 aliphatic rings. The van der Waals surface area contributed by atoms with Crippen molar-refractivity contribution < 1.29 is 17.9 Å². The molecule has 0 N–H and O–H groups in total. The van der Waals surface area contributed by atoms with Gasteiger partial charge in [0, 0.05) is 32.1 Å². The number of para-hydroxylation sites is 1. The summed E-state index contributed by atoms with van der Waals surface area (Å²) in [6.07, 6.45) is 2.94. The average Bonchev–Trinajstić information content (AvgIpc) is 3.17. The number of hydrogen-bond acceptors (Lipinski definition) is 6. The fraction of sp³-hybridized carbons (Fsp3) is 0.208. The van der Waals surface area contributed by atoms with Crippen LogP contribution in [0.25, 0.3) is 28.0 Å². The number of esters is 1. The third-order valence-corrected chi connectivity index (χ3v) is 7.06. The molecule has 0 saturated heterocycles. The van der Waals surface area contributed by atoms with E-state index in [4.69, 9.17) is 4.74 Å². The molecule has 0 atom stereocenters. The average molecular weight is 465 g/mol. The van der Waals surface area contributed by atoms with Crippen LogP contribution in [0, 0.1) is 0 Å². The van der Waals surface area contributed by atoms with E-state index in [2.05, 4.69) is 9.97 Å². The van der Waals surface area contributed by atoms with Crippen molar-refractivity contribution in [3.63, 3.8) is 0 Å². The van der Waals surface area contributed by atoms with Gasteiger partial charge in [0.1, 0.15) is 12.4 Å². The third kappa shape index (κ3) is 4.64. The summed E-state index contributed by atoms with van der Waals surface area (Å²) < 4.78 is 33.3. The van der Waals surface area contributed by atoms with Crippen LogP contribution < -0.4 is 0 Å². The zero-order valence-electron chi connectivity index (χ0n) is 18.6. The maximum atomic E-state index is 12.4. The molecule has 0 radical (unpaired) electrons. The molecule has 0 spiro atoms. The summed E-state index contributed by atoms with van der Waals surface area (Å²) in [6, 6.07) is 16.3. The van der Waals surface area contributed by atoms with Gasteiger partial charge in [-0.2, -0.15) is 0 Å². The van der Waals surface area contributed by atoms with E-state index in [1.807, 2.05) is 47.9 Å². The van der Waals surface area contributed by atoms with Gasteiger partial charge in [-0.15, -0.1) is 0 Å². The minimum absolute atomic E-state index is 0.0351. The first-order valence-corrected chi connectivity index (χ1v) is 11.9. The smallest absolute Gasteiger partial charge is 0.331 e. The van der Waals surface area contributed by atoms with E-state index in [1.54, 1.807) is 18.2 Å². The number of aryl methyl sites for hydroxylation is 1.